The number of likely N-dealkylation sites (tertiary alicyclic amines) is 1. The molecule has 0 spiro atoms. The minimum atomic E-state index is -0.174. The molecule has 1 unspecified atom stereocenters. The topological polar surface area (TPSA) is 32.3 Å². The van der Waals surface area contributed by atoms with Crippen molar-refractivity contribution in [2.75, 3.05) is 20.1 Å². The Morgan fingerprint density at radius 1 is 1.36 bits per heavy atom. The molecule has 3 nitrogen and oxygen atoms in total. The molecule has 1 aromatic carbocycles. The molecular weight excluding hydrogens is 303 g/mol. The molecule has 0 saturated carbocycles. The quantitative estimate of drug-likeness (QED) is 0.901. The monoisotopic (exact) mass is 328 g/mol. The maximum atomic E-state index is 13.6. The molecule has 1 aromatic rings. The summed E-state index contributed by atoms with van der Waals surface area (Å²) in [5, 5.41) is 3.27. The van der Waals surface area contributed by atoms with Crippen molar-refractivity contribution < 1.29 is 9.18 Å². The van der Waals surface area contributed by atoms with Crippen LogP contribution in [0.4, 0.5) is 4.39 Å². The number of aryl methyl sites for hydroxylation is 1. The molecule has 2 rings (SSSR count). The molecular formula is C17H26ClFN2O. The second-order valence-electron chi connectivity index (χ2n) is 5.92. The minimum Gasteiger partial charge on any atom is -0.342 e. The highest BCUT2D eigenvalue weighted by Gasteiger charge is 2.25. The van der Waals surface area contributed by atoms with Crippen molar-refractivity contribution >= 4 is 18.3 Å². The van der Waals surface area contributed by atoms with Crippen LogP contribution in [0.1, 0.15) is 31.7 Å². The second-order valence-corrected chi connectivity index (χ2v) is 5.92. The van der Waals surface area contributed by atoms with Gasteiger partial charge in [-0.2, -0.15) is 0 Å². The Labute approximate surface area is 138 Å². The SMILES string of the molecule is CNC1CCN(C(=O)C(C)CCc2ccccc2F)CC1.Cl. The summed E-state index contributed by atoms with van der Waals surface area (Å²) < 4.78 is 13.6. The Bertz CT molecular complexity index is 475. The van der Waals surface area contributed by atoms with Crippen molar-refractivity contribution in [2.24, 2.45) is 5.92 Å². The fraction of sp³-hybridized carbons (Fsp3) is 0.588. The lowest BCUT2D eigenvalue weighted by Gasteiger charge is -2.33. The first-order valence-corrected chi connectivity index (χ1v) is 7.81. The Morgan fingerprint density at radius 2 is 2.00 bits per heavy atom. The average Bonchev–Trinajstić information content (AvgIpc) is 2.53. The van der Waals surface area contributed by atoms with Gasteiger partial charge in [0.15, 0.2) is 0 Å². The number of piperidine rings is 1. The lowest BCUT2D eigenvalue weighted by atomic mass is 9.97. The molecule has 1 atom stereocenters. The number of carbonyl (C=O) groups excluding carboxylic acids is 1. The molecule has 1 aliphatic rings. The van der Waals surface area contributed by atoms with Crippen molar-refractivity contribution in [3.05, 3.63) is 35.6 Å². The largest absolute Gasteiger partial charge is 0.342 e. The number of nitrogens with zero attached hydrogens (tertiary/aromatic N) is 1. The highest BCUT2D eigenvalue weighted by molar-refractivity contribution is 5.85. The van der Waals surface area contributed by atoms with Gasteiger partial charge in [0.05, 0.1) is 0 Å². The molecule has 0 aromatic heterocycles. The fourth-order valence-corrected chi connectivity index (χ4v) is 2.90. The summed E-state index contributed by atoms with van der Waals surface area (Å²) in [5.41, 5.74) is 0.700. The van der Waals surface area contributed by atoms with E-state index in [4.69, 9.17) is 0 Å². The van der Waals surface area contributed by atoms with Crippen LogP contribution in [0.2, 0.25) is 0 Å². The average molecular weight is 329 g/mol. The minimum absolute atomic E-state index is 0. The Kier molecular flexibility index (Phi) is 7.83. The van der Waals surface area contributed by atoms with E-state index < -0.39 is 0 Å². The summed E-state index contributed by atoms with van der Waals surface area (Å²) in [6.45, 7) is 3.61. The molecule has 0 bridgehead atoms. The maximum Gasteiger partial charge on any atom is 0.225 e. The molecule has 22 heavy (non-hydrogen) atoms. The van der Waals surface area contributed by atoms with Crippen LogP contribution in [0, 0.1) is 11.7 Å². The van der Waals surface area contributed by atoms with E-state index in [-0.39, 0.29) is 30.0 Å². The number of hydrogen-bond acceptors (Lipinski definition) is 2. The summed E-state index contributed by atoms with van der Waals surface area (Å²) >= 11 is 0. The van der Waals surface area contributed by atoms with E-state index in [1.165, 1.54) is 6.07 Å². The summed E-state index contributed by atoms with van der Waals surface area (Å²) in [6, 6.07) is 7.34. The molecule has 1 N–H and O–H groups in total. The van der Waals surface area contributed by atoms with Gasteiger partial charge in [0.2, 0.25) is 5.91 Å². The van der Waals surface area contributed by atoms with Gasteiger partial charge in [-0.25, -0.2) is 4.39 Å². The summed E-state index contributed by atoms with van der Waals surface area (Å²) in [6.07, 6.45) is 3.35. The summed E-state index contributed by atoms with van der Waals surface area (Å²) in [4.78, 5) is 14.4. The van der Waals surface area contributed by atoms with Crippen LogP contribution in [0.3, 0.4) is 0 Å². The normalized spacial score (nSPS) is 17.0. The zero-order valence-electron chi connectivity index (χ0n) is 13.3. The van der Waals surface area contributed by atoms with Crippen LogP contribution >= 0.6 is 12.4 Å². The van der Waals surface area contributed by atoms with E-state index in [0.717, 1.165) is 25.9 Å². The van der Waals surface area contributed by atoms with Crippen LogP contribution < -0.4 is 5.32 Å². The Morgan fingerprint density at radius 3 is 2.59 bits per heavy atom. The number of hydrogen-bond donors (Lipinski definition) is 1. The predicted octanol–water partition coefficient (Wildman–Crippen LogP) is 3.03. The molecule has 1 fully saturated rings. The molecule has 0 aliphatic carbocycles. The molecule has 1 heterocycles. The molecule has 124 valence electrons. The zero-order valence-corrected chi connectivity index (χ0v) is 14.2. The van der Waals surface area contributed by atoms with Gasteiger partial charge in [0.25, 0.3) is 0 Å². The fourth-order valence-electron chi connectivity index (χ4n) is 2.90. The number of rotatable bonds is 5. The van der Waals surface area contributed by atoms with E-state index in [1.807, 2.05) is 24.9 Å². The van der Waals surface area contributed by atoms with Gasteiger partial charge in [-0.3, -0.25) is 4.79 Å². The second kappa shape index (κ2) is 9.11. The van der Waals surface area contributed by atoms with Crippen molar-refractivity contribution in [3.8, 4) is 0 Å². The van der Waals surface area contributed by atoms with Gasteiger partial charge in [-0.1, -0.05) is 25.1 Å². The van der Waals surface area contributed by atoms with Gasteiger partial charge < -0.3 is 10.2 Å². The number of nitrogens with one attached hydrogen (secondary N) is 1. The van der Waals surface area contributed by atoms with Gasteiger partial charge in [0, 0.05) is 25.0 Å². The van der Waals surface area contributed by atoms with Gasteiger partial charge in [-0.05, 0) is 44.4 Å². The molecule has 1 saturated heterocycles. The van der Waals surface area contributed by atoms with Crippen LogP contribution in [-0.2, 0) is 11.2 Å². The maximum absolute atomic E-state index is 13.6. The standard InChI is InChI=1S/C17H25FN2O.ClH/c1-13(7-8-14-5-3-4-6-16(14)18)17(21)20-11-9-15(19-2)10-12-20;/h3-6,13,15,19H,7-12H2,1-2H3;1H. The Hall–Kier alpha value is -1.13. The van der Waals surface area contributed by atoms with Crippen molar-refractivity contribution in [2.45, 2.75) is 38.6 Å². The molecule has 5 heteroatoms. The summed E-state index contributed by atoms with van der Waals surface area (Å²) in [7, 11) is 1.97. The number of carbonyl (C=O) groups is 1. The summed E-state index contributed by atoms with van der Waals surface area (Å²) in [5.74, 6) is -0.0105. The molecule has 1 amide bonds. The van der Waals surface area contributed by atoms with E-state index in [9.17, 15) is 9.18 Å². The van der Waals surface area contributed by atoms with Gasteiger partial charge in [-0.15, -0.1) is 12.4 Å². The van der Waals surface area contributed by atoms with Crippen LogP contribution in [0.15, 0.2) is 24.3 Å². The number of benzene rings is 1. The van der Waals surface area contributed by atoms with Crippen molar-refractivity contribution in [1.29, 1.82) is 0 Å². The van der Waals surface area contributed by atoms with Crippen LogP contribution in [0.5, 0.6) is 0 Å². The van der Waals surface area contributed by atoms with E-state index in [0.29, 0.717) is 24.4 Å². The van der Waals surface area contributed by atoms with Crippen LogP contribution in [0.25, 0.3) is 0 Å². The molecule has 0 radical (unpaired) electrons. The third-order valence-electron chi connectivity index (χ3n) is 4.44. The van der Waals surface area contributed by atoms with E-state index in [2.05, 4.69) is 5.32 Å². The predicted molar refractivity (Wildman–Crippen MR) is 89.8 cm³/mol. The smallest absolute Gasteiger partial charge is 0.225 e. The van der Waals surface area contributed by atoms with Crippen LogP contribution in [-0.4, -0.2) is 37.0 Å². The lowest BCUT2D eigenvalue weighted by Crippen LogP contribution is -2.45. The first-order valence-electron chi connectivity index (χ1n) is 7.81. The highest BCUT2D eigenvalue weighted by atomic mass is 35.5. The van der Waals surface area contributed by atoms with Gasteiger partial charge in [0.1, 0.15) is 5.82 Å². The highest BCUT2D eigenvalue weighted by Crippen LogP contribution is 2.18. The third kappa shape index (κ3) is 4.96. The van der Waals surface area contributed by atoms with E-state index >= 15 is 0 Å². The number of halogens is 2. The zero-order chi connectivity index (χ0) is 15.2. The first-order chi connectivity index (χ1) is 10.1. The van der Waals surface area contributed by atoms with E-state index in [1.54, 1.807) is 12.1 Å². The Balaban J connectivity index is 0.00000242. The molecule has 1 aliphatic heterocycles. The lowest BCUT2D eigenvalue weighted by molar-refractivity contribution is -0.136. The third-order valence-corrected chi connectivity index (χ3v) is 4.44. The van der Waals surface area contributed by atoms with Crippen molar-refractivity contribution in [3.63, 3.8) is 0 Å². The number of amides is 1. The van der Waals surface area contributed by atoms with Crippen molar-refractivity contribution in [1.82, 2.24) is 10.2 Å². The van der Waals surface area contributed by atoms with Gasteiger partial charge >= 0.3 is 0 Å². The first kappa shape index (κ1) is 18.9.